The summed E-state index contributed by atoms with van der Waals surface area (Å²) in [5.74, 6) is -0.857. The second-order valence-electron chi connectivity index (χ2n) is 7.92. The van der Waals surface area contributed by atoms with Crippen LogP contribution in [0.3, 0.4) is 0 Å². The minimum atomic E-state index is -0.744. The quantitative estimate of drug-likeness (QED) is 0.428. The Morgan fingerprint density at radius 3 is 2.52 bits per heavy atom. The van der Waals surface area contributed by atoms with Gasteiger partial charge in [-0.3, -0.25) is 9.59 Å². The van der Waals surface area contributed by atoms with Crippen molar-refractivity contribution in [2.75, 3.05) is 33.4 Å². The molecule has 1 aromatic heterocycles. The van der Waals surface area contributed by atoms with E-state index < -0.39 is 5.38 Å². The van der Waals surface area contributed by atoms with Gasteiger partial charge in [-0.1, -0.05) is 30.3 Å². The number of aromatic nitrogens is 1. The van der Waals surface area contributed by atoms with Gasteiger partial charge in [0.25, 0.3) is 0 Å². The zero-order valence-corrected chi connectivity index (χ0v) is 19.6. The van der Waals surface area contributed by atoms with E-state index in [-0.39, 0.29) is 30.7 Å². The molecule has 176 valence electrons. The molecule has 0 fully saturated rings. The van der Waals surface area contributed by atoms with E-state index in [1.807, 2.05) is 30.5 Å². The highest BCUT2D eigenvalue weighted by atomic mass is 35.5. The number of hydrogen-bond acceptors (Lipinski definition) is 3. The van der Waals surface area contributed by atoms with E-state index in [9.17, 15) is 14.0 Å². The molecule has 2 amide bonds. The number of methoxy groups -OCH3 is 1. The predicted octanol–water partition coefficient (Wildman–Crippen LogP) is 3.98. The minimum absolute atomic E-state index is 0.103. The van der Waals surface area contributed by atoms with Gasteiger partial charge in [0.2, 0.25) is 11.8 Å². The Morgan fingerprint density at radius 2 is 1.82 bits per heavy atom. The topological polar surface area (TPSA) is 65.6 Å². The largest absolute Gasteiger partial charge is 0.383 e. The fourth-order valence-electron chi connectivity index (χ4n) is 3.68. The highest BCUT2D eigenvalue weighted by Crippen LogP contribution is 2.19. The van der Waals surface area contributed by atoms with Crippen molar-refractivity contribution in [2.24, 2.45) is 0 Å². The molecule has 3 aromatic rings. The lowest BCUT2D eigenvalue weighted by Gasteiger charge is -2.28. The third kappa shape index (κ3) is 6.79. The number of nitrogens with zero attached hydrogens (tertiary/aromatic N) is 2. The van der Waals surface area contributed by atoms with Crippen molar-refractivity contribution < 1.29 is 18.7 Å². The van der Waals surface area contributed by atoms with Gasteiger partial charge in [0.05, 0.1) is 13.2 Å². The lowest BCUT2D eigenvalue weighted by molar-refractivity contribution is -0.141. The maximum atomic E-state index is 13.4. The van der Waals surface area contributed by atoms with E-state index in [2.05, 4.69) is 4.98 Å². The van der Waals surface area contributed by atoms with Gasteiger partial charge in [-0.25, -0.2) is 4.39 Å². The Labute approximate surface area is 198 Å². The molecule has 1 unspecified atom stereocenters. The van der Waals surface area contributed by atoms with E-state index in [0.717, 1.165) is 22.0 Å². The number of nitrogens with one attached hydrogen (secondary N) is 1. The monoisotopic (exact) mass is 473 g/mol. The van der Waals surface area contributed by atoms with E-state index in [0.29, 0.717) is 26.1 Å². The first-order valence-corrected chi connectivity index (χ1v) is 11.3. The summed E-state index contributed by atoms with van der Waals surface area (Å²) in [6.07, 6.45) is 2.59. The summed E-state index contributed by atoms with van der Waals surface area (Å²) in [4.78, 5) is 32.2. The van der Waals surface area contributed by atoms with E-state index in [1.165, 1.54) is 24.1 Å². The molecule has 33 heavy (non-hydrogen) atoms. The molecule has 0 aliphatic rings. The smallest absolute Gasteiger partial charge is 0.242 e. The maximum Gasteiger partial charge on any atom is 0.242 e. The molecule has 0 bridgehead atoms. The molecule has 1 heterocycles. The molecular weight excluding hydrogens is 445 g/mol. The highest BCUT2D eigenvalue weighted by molar-refractivity contribution is 6.30. The Kier molecular flexibility index (Phi) is 8.86. The number of para-hydroxylation sites is 1. The minimum Gasteiger partial charge on any atom is -0.383 e. The average molecular weight is 474 g/mol. The summed E-state index contributed by atoms with van der Waals surface area (Å²) in [6, 6.07) is 14.1. The van der Waals surface area contributed by atoms with Gasteiger partial charge in [0, 0.05) is 43.8 Å². The fraction of sp³-hybridized carbons (Fsp3) is 0.360. The van der Waals surface area contributed by atoms with E-state index >= 15 is 0 Å². The third-order valence-electron chi connectivity index (χ3n) is 5.51. The zero-order chi connectivity index (χ0) is 23.8. The van der Waals surface area contributed by atoms with Crippen molar-refractivity contribution in [1.82, 2.24) is 14.8 Å². The first-order valence-electron chi connectivity index (χ1n) is 10.9. The van der Waals surface area contributed by atoms with Gasteiger partial charge in [-0.05, 0) is 42.7 Å². The molecular formula is C25H29ClFN3O3. The Bertz CT molecular complexity index is 1070. The number of carbonyl (C=O) groups is 2. The molecule has 0 saturated carbocycles. The number of carbonyl (C=O) groups excluding carboxylic acids is 2. The predicted molar refractivity (Wildman–Crippen MR) is 128 cm³/mol. The molecule has 6 nitrogen and oxygen atoms in total. The second-order valence-corrected chi connectivity index (χ2v) is 8.57. The number of fused-ring (bicyclic) bond motifs is 1. The lowest BCUT2D eigenvalue weighted by atomic mass is 10.1. The van der Waals surface area contributed by atoms with Crippen LogP contribution in [0.2, 0.25) is 0 Å². The standard InChI is InChI=1S/C25H29ClFN3O3/c1-18(26)25(32)30(13-14-33-2)17-24(31)29(16-19-7-9-21(27)10-8-19)12-11-20-15-28-23-6-4-3-5-22(20)23/h3-10,15,18,28H,11-14,16-17H2,1-2H3. The maximum absolute atomic E-state index is 13.4. The number of ether oxygens (including phenoxy) is 1. The van der Waals surface area contributed by atoms with Crippen LogP contribution >= 0.6 is 11.6 Å². The molecule has 0 saturated heterocycles. The summed E-state index contributed by atoms with van der Waals surface area (Å²) >= 11 is 6.00. The number of alkyl halides is 1. The second kappa shape index (κ2) is 11.8. The first kappa shape index (κ1) is 24.7. The summed E-state index contributed by atoms with van der Waals surface area (Å²) in [5, 5.41) is 0.367. The Hall–Kier alpha value is -2.90. The average Bonchev–Trinajstić information content (AvgIpc) is 3.23. The van der Waals surface area contributed by atoms with Gasteiger partial charge in [-0.2, -0.15) is 0 Å². The Morgan fingerprint density at radius 1 is 1.09 bits per heavy atom. The molecule has 0 aliphatic carbocycles. The number of rotatable bonds is 11. The van der Waals surface area contributed by atoms with Crippen molar-refractivity contribution in [1.29, 1.82) is 0 Å². The number of amides is 2. The van der Waals surface area contributed by atoms with Gasteiger partial charge < -0.3 is 19.5 Å². The zero-order valence-electron chi connectivity index (χ0n) is 18.9. The van der Waals surface area contributed by atoms with Crippen molar-refractivity contribution in [3.05, 3.63) is 71.7 Å². The van der Waals surface area contributed by atoms with E-state index in [1.54, 1.807) is 24.0 Å². The molecule has 8 heteroatoms. The van der Waals surface area contributed by atoms with Gasteiger partial charge >= 0.3 is 0 Å². The fourth-order valence-corrected chi connectivity index (χ4v) is 3.82. The molecule has 1 atom stereocenters. The SMILES string of the molecule is COCCN(CC(=O)N(CCc1c[nH]c2ccccc12)Cc1ccc(F)cc1)C(=O)C(C)Cl. The lowest BCUT2D eigenvalue weighted by Crippen LogP contribution is -2.46. The van der Waals surface area contributed by atoms with Gasteiger partial charge in [0.1, 0.15) is 11.2 Å². The van der Waals surface area contributed by atoms with Crippen LogP contribution in [0, 0.1) is 5.82 Å². The van der Waals surface area contributed by atoms with E-state index in [4.69, 9.17) is 16.3 Å². The number of H-pyrrole nitrogens is 1. The van der Waals surface area contributed by atoms with Crippen LogP contribution in [-0.2, 0) is 27.3 Å². The Balaban J connectivity index is 1.77. The summed E-state index contributed by atoms with van der Waals surface area (Å²) in [5.41, 5.74) is 2.95. The third-order valence-corrected chi connectivity index (χ3v) is 5.70. The number of halogens is 2. The van der Waals surface area contributed by atoms with Crippen molar-refractivity contribution in [3.8, 4) is 0 Å². The molecule has 3 rings (SSSR count). The molecule has 0 aliphatic heterocycles. The van der Waals surface area contributed by atoms with Gasteiger partial charge in [0.15, 0.2) is 0 Å². The molecule has 0 spiro atoms. The highest BCUT2D eigenvalue weighted by Gasteiger charge is 2.24. The number of aromatic amines is 1. The van der Waals surface area contributed by atoms with Crippen molar-refractivity contribution >= 4 is 34.3 Å². The number of benzene rings is 2. The van der Waals surface area contributed by atoms with Gasteiger partial charge in [-0.15, -0.1) is 11.6 Å². The van der Waals surface area contributed by atoms with Crippen LogP contribution in [0.4, 0.5) is 4.39 Å². The summed E-state index contributed by atoms with van der Waals surface area (Å²) in [7, 11) is 1.54. The van der Waals surface area contributed by atoms with Crippen LogP contribution in [0.5, 0.6) is 0 Å². The van der Waals surface area contributed by atoms with Crippen molar-refractivity contribution in [2.45, 2.75) is 25.3 Å². The van der Waals surface area contributed by atoms with Crippen LogP contribution in [0.25, 0.3) is 10.9 Å². The van der Waals surface area contributed by atoms with Crippen LogP contribution in [-0.4, -0.2) is 65.3 Å². The number of hydrogen-bond donors (Lipinski definition) is 1. The normalized spacial score (nSPS) is 12.0. The summed E-state index contributed by atoms with van der Waals surface area (Å²) < 4.78 is 18.5. The summed E-state index contributed by atoms with van der Waals surface area (Å²) in [6.45, 7) is 2.81. The first-order chi connectivity index (χ1) is 15.9. The van der Waals surface area contributed by atoms with Crippen LogP contribution in [0.15, 0.2) is 54.7 Å². The molecule has 1 N–H and O–H groups in total. The molecule has 2 aromatic carbocycles. The van der Waals surface area contributed by atoms with Crippen LogP contribution < -0.4 is 0 Å². The molecule has 0 radical (unpaired) electrons. The van der Waals surface area contributed by atoms with Crippen molar-refractivity contribution in [3.63, 3.8) is 0 Å². The van der Waals surface area contributed by atoms with Crippen LogP contribution in [0.1, 0.15) is 18.1 Å².